The highest BCUT2D eigenvalue weighted by Gasteiger charge is 2.09. The van der Waals surface area contributed by atoms with E-state index < -0.39 is 0 Å². The summed E-state index contributed by atoms with van der Waals surface area (Å²) in [4.78, 5) is 11.5. The van der Waals surface area contributed by atoms with Crippen LogP contribution in [0.3, 0.4) is 0 Å². The fraction of sp³-hybridized carbons (Fsp3) is 0.471. The molecule has 0 aromatic heterocycles. The Kier molecular flexibility index (Phi) is 5.03. The van der Waals surface area contributed by atoms with E-state index in [2.05, 4.69) is 17.2 Å². The van der Waals surface area contributed by atoms with Gasteiger partial charge in [-0.3, -0.25) is 4.79 Å². The van der Waals surface area contributed by atoms with Crippen molar-refractivity contribution in [1.82, 2.24) is 5.32 Å². The molecule has 2 nitrogen and oxygen atoms in total. The number of hydrogen-bond acceptors (Lipinski definition) is 1. The van der Waals surface area contributed by atoms with Crippen molar-refractivity contribution < 1.29 is 4.79 Å². The van der Waals surface area contributed by atoms with Crippen LogP contribution in [0.4, 0.5) is 0 Å². The van der Waals surface area contributed by atoms with E-state index in [-0.39, 0.29) is 5.91 Å². The normalized spacial score (nSPS) is 18.7. The van der Waals surface area contributed by atoms with Crippen LogP contribution in [0.25, 0.3) is 0 Å². The lowest BCUT2D eigenvalue weighted by atomic mass is 9.92. The first kappa shape index (κ1) is 13.7. The van der Waals surface area contributed by atoms with Crippen LogP contribution in [0.1, 0.15) is 48.0 Å². The lowest BCUT2D eigenvalue weighted by Crippen LogP contribution is -2.17. The molecule has 1 atom stereocenters. The third-order valence-corrected chi connectivity index (χ3v) is 3.59. The van der Waals surface area contributed by atoms with Crippen LogP contribution in [0.2, 0.25) is 0 Å². The first-order chi connectivity index (χ1) is 9.29. The number of benzene rings is 1. The van der Waals surface area contributed by atoms with E-state index in [1.54, 1.807) is 7.05 Å². The summed E-state index contributed by atoms with van der Waals surface area (Å²) in [5.41, 5.74) is 1.99. The van der Waals surface area contributed by atoms with Gasteiger partial charge in [0, 0.05) is 24.9 Å². The number of hydrogen-bond donors (Lipinski definition) is 1. The lowest BCUT2D eigenvalue weighted by molar-refractivity contribution is 0.0963. The van der Waals surface area contributed by atoms with Crippen LogP contribution >= 0.6 is 0 Å². The molecule has 0 heterocycles. The van der Waals surface area contributed by atoms with Crippen LogP contribution in [-0.4, -0.2) is 13.0 Å². The summed E-state index contributed by atoms with van der Waals surface area (Å²) in [6.45, 7) is 0. The van der Waals surface area contributed by atoms with Gasteiger partial charge in [-0.2, -0.15) is 0 Å². The minimum absolute atomic E-state index is 0.0303. The molecule has 0 radical (unpaired) electrons. The fourth-order valence-electron chi connectivity index (χ4n) is 2.44. The average Bonchev–Trinajstić information content (AvgIpc) is 2.41. The monoisotopic (exact) mass is 255 g/mol. The molecule has 100 valence electrons. The van der Waals surface area contributed by atoms with Crippen molar-refractivity contribution in [2.24, 2.45) is 5.92 Å². The van der Waals surface area contributed by atoms with Crippen LogP contribution in [-0.2, 0) is 6.42 Å². The number of carbonyl (C=O) groups excluding carboxylic acids is 1. The maximum Gasteiger partial charge on any atom is 0.251 e. The summed E-state index contributed by atoms with van der Waals surface area (Å²) >= 11 is 0. The second-order valence-electron chi connectivity index (χ2n) is 5.10. The third-order valence-electron chi connectivity index (χ3n) is 3.59. The fourth-order valence-corrected chi connectivity index (χ4v) is 2.44. The minimum atomic E-state index is -0.0303. The van der Waals surface area contributed by atoms with Crippen molar-refractivity contribution in [3.05, 3.63) is 35.4 Å². The number of carbonyl (C=O) groups is 1. The maximum atomic E-state index is 11.5. The molecule has 1 aliphatic carbocycles. The van der Waals surface area contributed by atoms with Gasteiger partial charge in [0.2, 0.25) is 0 Å². The molecule has 1 aromatic carbocycles. The summed E-state index contributed by atoms with van der Waals surface area (Å²) in [6.07, 6.45) is 7.09. The molecule has 19 heavy (non-hydrogen) atoms. The van der Waals surface area contributed by atoms with E-state index in [0.29, 0.717) is 5.92 Å². The van der Waals surface area contributed by atoms with Gasteiger partial charge in [-0.15, -0.1) is 5.92 Å². The van der Waals surface area contributed by atoms with Crippen molar-refractivity contribution in [2.45, 2.75) is 38.5 Å². The van der Waals surface area contributed by atoms with Crippen molar-refractivity contribution in [1.29, 1.82) is 0 Å². The largest absolute Gasteiger partial charge is 0.355 e. The molecule has 1 aromatic rings. The van der Waals surface area contributed by atoms with Gasteiger partial charge >= 0.3 is 0 Å². The Bertz CT molecular complexity index is 478. The van der Waals surface area contributed by atoms with Gasteiger partial charge in [-0.05, 0) is 37.0 Å². The summed E-state index contributed by atoms with van der Waals surface area (Å²) in [6, 6.07) is 7.88. The summed E-state index contributed by atoms with van der Waals surface area (Å²) < 4.78 is 0. The van der Waals surface area contributed by atoms with Gasteiger partial charge in [0.25, 0.3) is 5.91 Å². The van der Waals surface area contributed by atoms with Gasteiger partial charge in [-0.25, -0.2) is 0 Å². The van der Waals surface area contributed by atoms with E-state index in [4.69, 9.17) is 0 Å². The van der Waals surface area contributed by atoms with E-state index in [1.165, 1.54) is 31.2 Å². The number of rotatable bonds is 3. The minimum Gasteiger partial charge on any atom is -0.355 e. The molecule has 1 unspecified atom stereocenters. The summed E-state index contributed by atoms with van der Waals surface area (Å²) in [5, 5.41) is 2.64. The molecular formula is C17H21NO. The van der Waals surface area contributed by atoms with Gasteiger partial charge < -0.3 is 5.32 Å². The van der Waals surface area contributed by atoms with E-state index in [1.807, 2.05) is 24.3 Å². The molecule has 1 amide bonds. The second kappa shape index (κ2) is 6.99. The molecule has 0 aliphatic heterocycles. The van der Waals surface area contributed by atoms with E-state index in [9.17, 15) is 4.79 Å². The number of nitrogens with one attached hydrogen (secondary N) is 1. The van der Waals surface area contributed by atoms with Gasteiger partial charge in [0.1, 0.15) is 0 Å². The van der Waals surface area contributed by atoms with Gasteiger partial charge in [0.15, 0.2) is 0 Å². The van der Waals surface area contributed by atoms with E-state index in [0.717, 1.165) is 18.4 Å². The molecule has 0 spiro atoms. The highest BCUT2D eigenvalue weighted by Crippen LogP contribution is 2.18. The zero-order valence-corrected chi connectivity index (χ0v) is 11.5. The van der Waals surface area contributed by atoms with Gasteiger partial charge in [0.05, 0.1) is 0 Å². The van der Waals surface area contributed by atoms with Gasteiger partial charge in [-0.1, -0.05) is 30.9 Å². The topological polar surface area (TPSA) is 29.1 Å². The molecular weight excluding hydrogens is 234 g/mol. The lowest BCUT2D eigenvalue weighted by Gasteiger charge is -2.12. The molecule has 0 fully saturated rings. The molecule has 1 aliphatic rings. The Morgan fingerprint density at radius 2 is 2.05 bits per heavy atom. The third kappa shape index (κ3) is 4.13. The Hall–Kier alpha value is -1.75. The smallest absolute Gasteiger partial charge is 0.251 e. The first-order valence-electron chi connectivity index (χ1n) is 7.09. The second-order valence-corrected chi connectivity index (χ2v) is 5.10. The zero-order chi connectivity index (χ0) is 13.5. The molecule has 2 rings (SSSR count). The molecule has 0 saturated carbocycles. The predicted molar refractivity (Wildman–Crippen MR) is 77.9 cm³/mol. The highest BCUT2D eigenvalue weighted by molar-refractivity contribution is 5.93. The van der Waals surface area contributed by atoms with Crippen molar-refractivity contribution >= 4 is 5.91 Å². The molecule has 1 N–H and O–H groups in total. The Labute approximate surface area is 115 Å². The maximum absolute atomic E-state index is 11.5. The van der Waals surface area contributed by atoms with Crippen LogP contribution in [0, 0.1) is 17.8 Å². The zero-order valence-electron chi connectivity index (χ0n) is 11.5. The van der Waals surface area contributed by atoms with Crippen molar-refractivity contribution in [2.75, 3.05) is 7.05 Å². The Balaban J connectivity index is 2.00. The van der Waals surface area contributed by atoms with E-state index >= 15 is 0 Å². The average molecular weight is 255 g/mol. The standard InChI is InChI=1S/C17H21NO/c1-18-17(19)16-11-9-15(10-12-16)13-14-7-5-3-2-4-6-8-14/h9-12,14H,2-5,7,13H2,1H3,(H,18,19). The predicted octanol–water partition coefficient (Wildman–Crippen LogP) is 3.17. The Morgan fingerprint density at radius 3 is 2.79 bits per heavy atom. The Morgan fingerprint density at radius 1 is 1.26 bits per heavy atom. The molecule has 0 saturated heterocycles. The number of amides is 1. The summed E-state index contributed by atoms with van der Waals surface area (Å²) in [5.74, 6) is 7.12. The SMILES string of the molecule is CNC(=O)c1ccc(CC2C#CCCCCC2)cc1. The van der Waals surface area contributed by atoms with Crippen molar-refractivity contribution in [3.8, 4) is 11.8 Å². The van der Waals surface area contributed by atoms with Crippen LogP contribution in [0.5, 0.6) is 0 Å². The van der Waals surface area contributed by atoms with Crippen molar-refractivity contribution in [3.63, 3.8) is 0 Å². The molecule has 0 bridgehead atoms. The summed E-state index contributed by atoms with van der Waals surface area (Å²) in [7, 11) is 1.65. The van der Waals surface area contributed by atoms with Crippen LogP contribution in [0.15, 0.2) is 24.3 Å². The highest BCUT2D eigenvalue weighted by atomic mass is 16.1. The molecule has 2 heteroatoms. The first-order valence-corrected chi connectivity index (χ1v) is 7.09. The van der Waals surface area contributed by atoms with Crippen LogP contribution < -0.4 is 5.32 Å². The quantitative estimate of drug-likeness (QED) is 0.826.